The maximum absolute atomic E-state index is 3.60. The molecule has 4 atom stereocenters. The quantitative estimate of drug-likeness (QED) is 0.843. The average molecular weight is 281 g/mol. The van der Waals surface area contributed by atoms with Gasteiger partial charge in [0.15, 0.2) is 0 Å². The zero-order chi connectivity index (χ0) is 14.8. The van der Waals surface area contributed by atoms with Crippen LogP contribution in [-0.4, -0.2) is 37.6 Å². The van der Waals surface area contributed by atoms with Gasteiger partial charge in [-0.05, 0) is 62.4 Å². The molecule has 2 nitrogen and oxygen atoms in total. The van der Waals surface area contributed by atoms with Gasteiger partial charge in [-0.1, -0.05) is 34.1 Å². The molecule has 0 amide bonds. The van der Waals surface area contributed by atoms with Crippen molar-refractivity contribution in [3.05, 3.63) is 0 Å². The molecular weight excluding hydrogens is 244 g/mol. The van der Waals surface area contributed by atoms with Crippen LogP contribution in [-0.2, 0) is 0 Å². The van der Waals surface area contributed by atoms with E-state index in [1.54, 1.807) is 0 Å². The molecule has 0 bridgehead atoms. The minimum atomic E-state index is 0.480. The van der Waals surface area contributed by atoms with Crippen molar-refractivity contribution in [2.45, 2.75) is 65.8 Å². The lowest BCUT2D eigenvalue weighted by Gasteiger charge is -2.43. The third kappa shape index (κ3) is 3.98. The molecule has 0 aromatic rings. The number of hydrogen-bond donors (Lipinski definition) is 1. The van der Waals surface area contributed by atoms with Crippen molar-refractivity contribution < 1.29 is 0 Å². The molecule has 4 unspecified atom stereocenters. The Balaban J connectivity index is 1.92. The van der Waals surface area contributed by atoms with E-state index in [1.165, 1.54) is 51.7 Å². The van der Waals surface area contributed by atoms with Gasteiger partial charge in [0.25, 0.3) is 0 Å². The zero-order valence-electron chi connectivity index (χ0n) is 14.4. The van der Waals surface area contributed by atoms with Gasteiger partial charge in [0, 0.05) is 19.1 Å². The summed E-state index contributed by atoms with van der Waals surface area (Å²) in [6.45, 7) is 13.6. The lowest BCUT2D eigenvalue weighted by molar-refractivity contribution is 0.0948. The second-order valence-electron chi connectivity index (χ2n) is 8.35. The smallest absolute Gasteiger partial charge is 0.0105 e. The minimum absolute atomic E-state index is 0.480. The van der Waals surface area contributed by atoms with Gasteiger partial charge < -0.3 is 10.2 Å². The van der Waals surface area contributed by atoms with Crippen molar-refractivity contribution in [2.75, 3.05) is 26.7 Å². The maximum atomic E-state index is 3.60. The molecule has 2 heteroatoms. The number of hydrogen-bond acceptors (Lipinski definition) is 2. The molecule has 2 aliphatic rings. The molecule has 1 aliphatic carbocycles. The molecule has 1 saturated heterocycles. The molecule has 118 valence electrons. The van der Waals surface area contributed by atoms with E-state index >= 15 is 0 Å². The lowest BCUT2D eigenvalue weighted by atomic mass is 9.67. The summed E-state index contributed by atoms with van der Waals surface area (Å²) in [5.41, 5.74) is 0.480. The zero-order valence-corrected chi connectivity index (χ0v) is 14.4. The summed E-state index contributed by atoms with van der Waals surface area (Å²) in [6, 6.07) is 0.745. The van der Waals surface area contributed by atoms with Crippen LogP contribution in [0.4, 0.5) is 0 Å². The highest BCUT2D eigenvalue weighted by Crippen LogP contribution is 2.40. The summed E-state index contributed by atoms with van der Waals surface area (Å²) in [5, 5.41) is 3.60. The Hall–Kier alpha value is -0.0800. The Morgan fingerprint density at radius 3 is 2.45 bits per heavy atom. The number of nitrogens with one attached hydrogen (secondary N) is 1. The summed E-state index contributed by atoms with van der Waals surface area (Å²) in [6.07, 6.45) is 6.98. The highest BCUT2D eigenvalue weighted by atomic mass is 15.2. The first-order valence-corrected chi connectivity index (χ1v) is 8.83. The molecule has 0 aromatic carbocycles. The monoisotopic (exact) mass is 280 g/mol. The molecule has 2 rings (SSSR count). The SMILES string of the molecule is CCC1CCN(CC2CC(C(C)(C)C)CCC2NC)C1. The Labute approximate surface area is 126 Å². The minimum Gasteiger partial charge on any atom is -0.317 e. The van der Waals surface area contributed by atoms with Gasteiger partial charge in [-0.15, -0.1) is 0 Å². The first kappa shape index (κ1) is 16.3. The first-order chi connectivity index (χ1) is 9.44. The first-order valence-electron chi connectivity index (χ1n) is 8.83. The number of nitrogens with zero attached hydrogens (tertiary/aromatic N) is 1. The van der Waals surface area contributed by atoms with Crippen LogP contribution < -0.4 is 5.32 Å². The van der Waals surface area contributed by atoms with Gasteiger partial charge >= 0.3 is 0 Å². The van der Waals surface area contributed by atoms with E-state index in [9.17, 15) is 0 Å². The summed E-state index contributed by atoms with van der Waals surface area (Å²) >= 11 is 0. The van der Waals surface area contributed by atoms with Gasteiger partial charge in [0.1, 0.15) is 0 Å². The van der Waals surface area contributed by atoms with Gasteiger partial charge in [-0.3, -0.25) is 0 Å². The van der Waals surface area contributed by atoms with E-state index in [2.05, 4.69) is 45.0 Å². The Kier molecular flexibility index (Phi) is 5.53. The van der Waals surface area contributed by atoms with E-state index in [1.807, 2.05) is 0 Å². The largest absolute Gasteiger partial charge is 0.317 e. The Morgan fingerprint density at radius 1 is 1.15 bits per heavy atom. The molecule has 20 heavy (non-hydrogen) atoms. The fourth-order valence-corrected chi connectivity index (χ4v) is 4.38. The van der Waals surface area contributed by atoms with E-state index in [4.69, 9.17) is 0 Å². The van der Waals surface area contributed by atoms with Gasteiger partial charge in [0.05, 0.1) is 0 Å². The van der Waals surface area contributed by atoms with Crippen LogP contribution in [0.2, 0.25) is 0 Å². The Bertz CT molecular complexity index is 294. The second kappa shape index (κ2) is 6.79. The predicted octanol–water partition coefficient (Wildman–Crippen LogP) is 3.77. The van der Waals surface area contributed by atoms with Crippen molar-refractivity contribution in [1.82, 2.24) is 10.2 Å². The van der Waals surface area contributed by atoms with Crippen molar-refractivity contribution in [3.63, 3.8) is 0 Å². The second-order valence-corrected chi connectivity index (χ2v) is 8.35. The molecule has 1 aliphatic heterocycles. The van der Waals surface area contributed by atoms with Crippen LogP contribution in [0, 0.1) is 23.2 Å². The van der Waals surface area contributed by atoms with E-state index in [-0.39, 0.29) is 0 Å². The van der Waals surface area contributed by atoms with Gasteiger partial charge in [-0.25, -0.2) is 0 Å². The molecule has 1 N–H and O–H groups in total. The fourth-order valence-electron chi connectivity index (χ4n) is 4.38. The third-order valence-electron chi connectivity index (χ3n) is 6.02. The van der Waals surface area contributed by atoms with Crippen molar-refractivity contribution in [3.8, 4) is 0 Å². The molecule has 2 fully saturated rings. The van der Waals surface area contributed by atoms with Crippen LogP contribution in [0.5, 0.6) is 0 Å². The normalized spacial score (nSPS) is 36.5. The van der Waals surface area contributed by atoms with Crippen LogP contribution in [0.1, 0.15) is 59.8 Å². The van der Waals surface area contributed by atoms with Crippen LogP contribution >= 0.6 is 0 Å². The van der Waals surface area contributed by atoms with E-state index in [0.717, 1.165) is 23.8 Å². The third-order valence-corrected chi connectivity index (χ3v) is 6.02. The van der Waals surface area contributed by atoms with Crippen LogP contribution in [0.25, 0.3) is 0 Å². The number of likely N-dealkylation sites (tertiary alicyclic amines) is 1. The molecule has 0 aromatic heterocycles. The predicted molar refractivity (Wildman–Crippen MR) is 88.0 cm³/mol. The topological polar surface area (TPSA) is 15.3 Å². The average Bonchev–Trinajstić information content (AvgIpc) is 2.85. The lowest BCUT2D eigenvalue weighted by Crippen LogP contribution is -2.46. The van der Waals surface area contributed by atoms with Gasteiger partial charge in [0.2, 0.25) is 0 Å². The molecule has 1 heterocycles. The summed E-state index contributed by atoms with van der Waals surface area (Å²) < 4.78 is 0. The van der Waals surface area contributed by atoms with Crippen LogP contribution in [0.3, 0.4) is 0 Å². The van der Waals surface area contributed by atoms with Crippen molar-refractivity contribution >= 4 is 0 Å². The Morgan fingerprint density at radius 2 is 1.90 bits per heavy atom. The molecule has 1 saturated carbocycles. The highest BCUT2D eigenvalue weighted by molar-refractivity contribution is 4.90. The van der Waals surface area contributed by atoms with Crippen LogP contribution in [0.15, 0.2) is 0 Å². The summed E-state index contributed by atoms with van der Waals surface area (Å²) in [4.78, 5) is 2.74. The summed E-state index contributed by atoms with van der Waals surface area (Å²) in [7, 11) is 2.16. The maximum Gasteiger partial charge on any atom is 0.0105 e. The van der Waals surface area contributed by atoms with Crippen molar-refractivity contribution in [2.24, 2.45) is 23.2 Å². The van der Waals surface area contributed by atoms with E-state index < -0.39 is 0 Å². The molecule has 0 spiro atoms. The molecule has 0 radical (unpaired) electrons. The van der Waals surface area contributed by atoms with Crippen molar-refractivity contribution in [1.29, 1.82) is 0 Å². The van der Waals surface area contributed by atoms with Gasteiger partial charge in [-0.2, -0.15) is 0 Å². The summed E-state index contributed by atoms with van der Waals surface area (Å²) in [5.74, 6) is 2.72. The highest BCUT2D eigenvalue weighted by Gasteiger charge is 2.36. The molecular formula is C18H36N2. The fraction of sp³-hybridized carbons (Fsp3) is 1.00. The van der Waals surface area contributed by atoms with E-state index in [0.29, 0.717) is 5.41 Å². The standard InChI is InChI=1S/C18H36N2/c1-6-14-9-10-20(12-14)13-15-11-16(18(2,3)4)7-8-17(15)19-5/h14-17,19H,6-13H2,1-5H3. The number of rotatable bonds is 4.